The number of aryl methyl sites for hydroxylation is 2. The van der Waals surface area contributed by atoms with Crippen LogP contribution in [0.15, 0.2) is 70.3 Å². The number of likely N-dealkylation sites (N-methyl/N-ethyl adjacent to an activating group) is 1. The minimum Gasteiger partial charge on any atom is -0.497 e. The lowest BCUT2D eigenvalue weighted by atomic mass is 9.83. The van der Waals surface area contributed by atoms with Crippen molar-refractivity contribution in [2.24, 2.45) is 0 Å². The van der Waals surface area contributed by atoms with Crippen molar-refractivity contribution in [3.05, 3.63) is 86.7 Å². The lowest BCUT2D eigenvalue weighted by Gasteiger charge is -2.24. The molecule has 0 unspecified atom stereocenters. The summed E-state index contributed by atoms with van der Waals surface area (Å²) in [5, 5.41) is 1.26. The molecule has 2 aromatic heterocycles. The maximum absolute atomic E-state index is 14.0. The van der Waals surface area contributed by atoms with Gasteiger partial charge in [0.1, 0.15) is 10.6 Å². The molecule has 0 saturated carbocycles. The minimum atomic E-state index is -0.274. The number of anilines is 1. The number of carbonyl (C=O) groups is 1. The summed E-state index contributed by atoms with van der Waals surface area (Å²) in [7, 11) is 3.63. The summed E-state index contributed by atoms with van der Waals surface area (Å²) in [5.41, 5.74) is 4.83. The van der Waals surface area contributed by atoms with Gasteiger partial charge in [-0.25, -0.2) is 4.98 Å². The molecule has 0 amide bonds. The van der Waals surface area contributed by atoms with Crippen LogP contribution in [-0.2, 0) is 23.1 Å². The number of thiophene rings is 1. The molecule has 39 heavy (non-hydrogen) atoms. The van der Waals surface area contributed by atoms with E-state index in [0.29, 0.717) is 16.6 Å². The highest BCUT2D eigenvalue weighted by atomic mass is 32.2. The number of hydrogen-bond acceptors (Lipinski definition) is 7. The first-order valence-corrected chi connectivity index (χ1v) is 15.0. The highest BCUT2D eigenvalue weighted by molar-refractivity contribution is 7.99. The number of methoxy groups -OCH3 is 1. The van der Waals surface area contributed by atoms with Crippen molar-refractivity contribution >= 4 is 44.8 Å². The Morgan fingerprint density at radius 3 is 2.62 bits per heavy atom. The molecule has 6 rings (SSSR count). The van der Waals surface area contributed by atoms with E-state index in [-0.39, 0.29) is 22.5 Å². The van der Waals surface area contributed by atoms with E-state index in [1.54, 1.807) is 29.1 Å². The monoisotopic (exact) mass is 557 g/mol. The number of nitrogens with zero attached hydrogens (tertiary/aromatic N) is 3. The average Bonchev–Trinajstić information content (AvgIpc) is 3.41. The van der Waals surface area contributed by atoms with Crippen molar-refractivity contribution in [1.29, 1.82) is 0 Å². The molecule has 1 aliphatic heterocycles. The van der Waals surface area contributed by atoms with E-state index in [1.165, 1.54) is 22.2 Å². The molecular formula is C31H31N3O3S2. The molecule has 8 heteroatoms. The fraction of sp³-hybridized carbons (Fsp3) is 0.323. The second-order valence-corrected chi connectivity index (χ2v) is 12.6. The Morgan fingerprint density at radius 1 is 1.13 bits per heavy atom. The number of rotatable bonds is 6. The van der Waals surface area contributed by atoms with Crippen LogP contribution in [0, 0.1) is 0 Å². The summed E-state index contributed by atoms with van der Waals surface area (Å²) >= 11 is 2.95. The summed E-state index contributed by atoms with van der Waals surface area (Å²) in [5.74, 6) is 0.890. The maximum Gasteiger partial charge on any atom is 0.267 e. The van der Waals surface area contributed by atoms with Gasteiger partial charge < -0.3 is 9.64 Å². The fourth-order valence-corrected chi connectivity index (χ4v) is 7.97. The number of hydrogen-bond donors (Lipinski definition) is 0. The van der Waals surface area contributed by atoms with E-state index in [0.717, 1.165) is 52.8 Å². The van der Waals surface area contributed by atoms with Crippen molar-refractivity contribution in [3.8, 4) is 11.4 Å². The third-order valence-electron chi connectivity index (χ3n) is 7.87. The zero-order valence-electron chi connectivity index (χ0n) is 22.6. The van der Waals surface area contributed by atoms with Gasteiger partial charge in [-0.2, -0.15) is 0 Å². The summed E-state index contributed by atoms with van der Waals surface area (Å²) in [4.78, 5) is 36.5. The summed E-state index contributed by atoms with van der Waals surface area (Å²) in [6.07, 6.45) is 5.91. The van der Waals surface area contributed by atoms with Gasteiger partial charge in [0, 0.05) is 34.8 Å². The predicted molar refractivity (Wildman–Crippen MR) is 160 cm³/mol. The van der Waals surface area contributed by atoms with Gasteiger partial charge in [-0.3, -0.25) is 14.2 Å². The Morgan fingerprint density at radius 2 is 1.87 bits per heavy atom. The number of benzene rings is 2. The number of aromatic nitrogens is 2. The van der Waals surface area contributed by atoms with Crippen LogP contribution >= 0.6 is 23.1 Å². The van der Waals surface area contributed by atoms with E-state index >= 15 is 0 Å². The highest BCUT2D eigenvalue weighted by Crippen LogP contribution is 2.46. The first-order chi connectivity index (χ1) is 18.8. The van der Waals surface area contributed by atoms with Crippen LogP contribution in [0.5, 0.6) is 5.75 Å². The predicted octanol–water partition coefficient (Wildman–Crippen LogP) is 6.31. The second-order valence-electron chi connectivity index (χ2n) is 10.6. The second kappa shape index (κ2) is 9.99. The Balaban J connectivity index is 1.37. The summed E-state index contributed by atoms with van der Waals surface area (Å²) < 4.78 is 6.99. The summed E-state index contributed by atoms with van der Waals surface area (Å²) in [6, 6.07) is 15.7. The maximum atomic E-state index is 14.0. The van der Waals surface area contributed by atoms with Gasteiger partial charge >= 0.3 is 0 Å². The molecule has 0 spiro atoms. The molecule has 0 N–H and O–H groups in total. The van der Waals surface area contributed by atoms with E-state index in [9.17, 15) is 9.59 Å². The van der Waals surface area contributed by atoms with E-state index < -0.39 is 0 Å². The molecular weight excluding hydrogens is 526 g/mol. The molecule has 0 bridgehead atoms. The van der Waals surface area contributed by atoms with E-state index in [2.05, 4.69) is 30.9 Å². The van der Waals surface area contributed by atoms with Crippen molar-refractivity contribution in [1.82, 2.24) is 9.55 Å². The number of allylic oxidation sites excluding steroid dienone is 2. The first-order valence-electron chi connectivity index (χ1n) is 13.2. The van der Waals surface area contributed by atoms with Crippen LogP contribution in [0.1, 0.15) is 42.7 Å². The molecule has 0 saturated heterocycles. The Labute approximate surface area is 236 Å². The third-order valence-corrected chi connectivity index (χ3v) is 10.0. The van der Waals surface area contributed by atoms with E-state index in [1.807, 2.05) is 43.4 Å². The van der Waals surface area contributed by atoms with Crippen molar-refractivity contribution in [3.63, 3.8) is 0 Å². The number of ketones is 1. The zero-order chi connectivity index (χ0) is 27.3. The molecule has 2 aliphatic rings. The molecule has 0 radical (unpaired) electrons. The average molecular weight is 558 g/mol. The van der Waals surface area contributed by atoms with Gasteiger partial charge in [-0.1, -0.05) is 43.8 Å². The first kappa shape index (κ1) is 25.9. The van der Waals surface area contributed by atoms with Gasteiger partial charge in [-0.15, -0.1) is 11.3 Å². The van der Waals surface area contributed by atoms with Crippen LogP contribution in [0.25, 0.3) is 15.9 Å². The number of fused-ring (bicyclic) bond motifs is 4. The quantitative estimate of drug-likeness (QED) is 0.157. The van der Waals surface area contributed by atoms with Crippen molar-refractivity contribution in [2.75, 3.05) is 24.8 Å². The lowest BCUT2D eigenvalue weighted by Crippen LogP contribution is -2.24. The smallest absolute Gasteiger partial charge is 0.267 e. The number of thioether (sulfide) groups is 1. The molecule has 4 aromatic rings. The fourth-order valence-electron chi connectivity index (χ4n) is 5.83. The van der Waals surface area contributed by atoms with Crippen LogP contribution < -0.4 is 15.2 Å². The molecule has 0 atom stereocenters. The third kappa shape index (κ3) is 4.39. The van der Waals surface area contributed by atoms with Gasteiger partial charge in [-0.05, 0) is 67.1 Å². The zero-order valence-corrected chi connectivity index (χ0v) is 24.2. The molecule has 1 aliphatic carbocycles. The molecule has 6 nitrogen and oxygen atoms in total. The van der Waals surface area contributed by atoms with Crippen molar-refractivity contribution in [2.45, 2.75) is 50.1 Å². The number of carbonyl (C=O) groups excluding carboxylic acids is 1. The van der Waals surface area contributed by atoms with Gasteiger partial charge in [0.15, 0.2) is 10.9 Å². The largest absolute Gasteiger partial charge is 0.497 e. The standard InChI is InChI=1S/C31H31N3O3S2/c1-31(2)23-10-6-7-11-24(23)33(3)26(31)17-20(35)18-38-30-32-28-27(22-9-5-8-12-25(22)39-28)29(36)34(30)19-13-15-21(37-4)16-14-19/h6-7,10-11,13-17H,5,8-9,12,18H2,1-4H3/b26-17+. The minimum absolute atomic E-state index is 0.0103. The number of ether oxygens (including phenoxy) is 1. The molecule has 200 valence electrons. The Kier molecular flexibility index (Phi) is 6.63. The van der Waals surface area contributed by atoms with Gasteiger partial charge in [0.05, 0.1) is 23.9 Å². The molecule has 2 aromatic carbocycles. The highest BCUT2D eigenvalue weighted by Gasteiger charge is 2.38. The van der Waals surface area contributed by atoms with Gasteiger partial charge in [0.2, 0.25) is 0 Å². The lowest BCUT2D eigenvalue weighted by molar-refractivity contribution is -0.112. The Bertz CT molecular complexity index is 1680. The van der Waals surface area contributed by atoms with Crippen LogP contribution in [0.3, 0.4) is 0 Å². The van der Waals surface area contributed by atoms with E-state index in [4.69, 9.17) is 9.72 Å². The van der Waals surface area contributed by atoms with Gasteiger partial charge in [0.25, 0.3) is 5.56 Å². The SMILES string of the molecule is COc1ccc(-n2c(SCC(=O)/C=C3/N(C)c4ccccc4C3(C)C)nc3sc4c(c3c2=O)CCCC4)cc1. The summed E-state index contributed by atoms with van der Waals surface area (Å²) in [6.45, 7) is 4.30. The van der Waals surface area contributed by atoms with Crippen LogP contribution in [0.4, 0.5) is 5.69 Å². The topological polar surface area (TPSA) is 64.4 Å². The normalized spacial score (nSPS) is 16.9. The Hall–Kier alpha value is -3.36. The molecule has 3 heterocycles. The number of para-hydroxylation sites is 1. The van der Waals surface area contributed by atoms with Crippen molar-refractivity contribution < 1.29 is 9.53 Å². The van der Waals surface area contributed by atoms with Crippen LogP contribution in [0.2, 0.25) is 0 Å². The van der Waals surface area contributed by atoms with Crippen LogP contribution in [-0.4, -0.2) is 35.2 Å². The molecule has 0 fully saturated rings.